The molecule has 1 fully saturated rings. The molecule has 0 amide bonds. The molecular formula is C8H17Br3Si2. The molecule has 0 nitrogen and oxygen atoms in total. The molecule has 1 aliphatic rings. The summed E-state index contributed by atoms with van der Waals surface area (Å²) in [4.78, 5) is 0. The molecule has 0 bridgehead atoms. The Morgan fingerprint density at radius 1 is 1.15 bits per heavy atom. The maximum atomic E-state index is 4.09. The molecule has 78 valence electrons. The van der Waals surface area contributed by atoms with Gasteiger partial charge < -0.3 is 0 Å². The minimum absolute atomic E-state index is 1.01. The summed E-state index contributed by atoms with van der Waals surface area (Å²) >= 11 is 11.9. The van der Waals surface area contributed by atoms with E-state index in [9.17, 15) is 0 Å². The van der Waals surface area contributed by atoms with E-state index in [1.54, 1.807) is 0 Å². The Balaban J connectivity index is 2.47. The summed E-state index contributed by atoms with van der Waals surface area (Å²) in [6.45, 7) is 1.28. The van der Waals surface area contributed by atoms with Gasteiger partial charge in [-0.1, -0.05) is 26.2 Å². The molecule has 0 aromatic rings. The fraction of sp³-hybridized carbons (Fsp3) is 1.00. The van der Waals surface area contributed by atoms with E-state index in [4.69, 9.17) is 0 Å². The van der Waals surface area contributed by atoms with Crippen molar-refractivity contribution >= 4 is 57.9 Å². The number of hydrogen-bond acceptors (Lipinski definition) is 0. The highest BCUT2D eigenvalue weighted by Gasteiger charge is 2.43. The van der Waals surface area contributed by atoms with Gasteiger partial charge in [-0.05, 0) is 23.8 Å². The zero-order valence-corrected chi connectivity index (χ0v) is 14.8. The molecule has 0 radical (unpaired) electrons. The molecule has 0 aromatic carbocycles. The van der Waals surface area contributed by atoms with Gasteiger partial charge in [-0.2, -0.15) is 0 Å². The molecule has 1 saturated heterocycles. The van der Waals surface area contributed by atoms with Crippen molar-refractivity contribution < 1.29 is 0 Å². The molecule has 1 rings (SSSR count). The molecule has 5 heteroatoms. The highest BCUT2D eigenvalue weighted by Crippen LogP contribution is 2.47. The van der Waals surface area contributed by atoms with Gasteiger partial charge in [0, 0.05) is 0 Å². The maximum absolute atomic E-state index is 4.09. The Morgan fingerprint density at radius 2 is 1.85 bits per heavy atom. The highest BCUT2D eigenvalue weighted by molar-refractivity contribution is 9.51. The first-order valence-electron chi connectivity index (χ1n) is 5.04. The van der Waals surface area contributed by atoms with Crippen LogP contribution in [0.1, 0.15) is 26.2 Å². The summed E-state index contributed by atoms with van der Waals surface area (Å²) in [7, 11) is 0. The number of unbranched alkanes of at least 4 members (excludes halogenated alkanes) is 1. The standard InChI is InChI=1S/C8H17Br3Si2/c1-2-3-5-12(9)6-4-7-13(10,11)8-12/h2-8H2,1H3. The molecule has 1 atom stereocenters. The SMILES string of the molecule is CCCC[Si]1(Br)CCC[Si](Br)(Br)C1. The second-order valence-corrected chi connectivity index (χ2v) is 28.4. The van der Waals surface area contributed by atoms with Gasteiger partial charge in [0.2, 0.25) is 0 Å². The van der Waals surface area contributed by atoms with Gasteiger partial charge >= 0.3 is 0 Å². The van der Waals surface area contributed by atoms with Crippen molar-refractivity contribution in [1.82, 2.24) is 0 Å². The van der Waals surface area contributed by atoms with Gasteiger partial charge in [-0.15, -0.1) is 45.9 Å². The summed E-state index contributed by atoms with van der Waals surface area (Å²) in [5, 5.41) is -1.14. The van der Waals surface area contributed by atoms with Crippen molar-refractivity contribution in [3.8, 4) is 0 Å². The van der Waals surface area contributed by atoms with E-state index < -0.39 is 12.0 Å². The first-order valence-corrected chi connectivity index (χ1v) is 16.8. The molecule has 0 aromatic heterocycles. The minimum atomic E-state index is -1.14. The lowest BCUT2D eigenvalue weighted by molar-refractivity contribution is 0.859. The van der Waals surface area contributed by atoms with Crippen LogP contribution in [0.4, 0.5) is 0 Å². The minimum Gasteiger partial charge on any atom is -0.126 e. The van der Waals surface area contributed by atoms with Crippen LogP contribution in [0.25, 0.3) is 0 Å². The van der Waals surface area contributed by atoms with E-state index in [0.717, 1.165) is 0 Å². The molecule has 13 heavy (non-hydrogen) atoms. The third kappa shape index (κ3) is 4.49. The average Bonchev–Trinajstić information content (AvgIpc) is 1.98. The van der Waals surface area contributed by atoms with Crippen LogP contribution in [0.2, 0.25) is 23.8 Å². The van der Waals surface area contributed by atoms with E-state index >= 15 is 0 Å². The van der Waals surface area contributed by atoms with E-state index in [1.165, 1.54) is 43.1 Å². The molecule has 1 heterocycles. The second-order valence-electron chi connectivity index (χ2n) is 4.14. The fourth-order valence-corrected chi connectivity index (χ4v) is 35.0. The van der Waals surface area contributed by atoms with Gasteiger partial charge in [0.25, 0.3) is 0 Å². The van der Waals surface area contributed by atoms with Crippen molar-refractivity contribution in [3.05, 3.63) is 0 Å². The zero-order chi connectivity index (χ0) is 9.95. The van der Waals surface area contributed by atoms with Crippen LogP contribution in [-0.2, 0) is 0 Å². The lowest BCUT2D eigenvalue weighted by atomic mass is 10.4. The highest BCUT2D eigenvalue weighted by atomic mass is 79.9. The van der Waals surface area contributed by atoms with Crippen molar-refractivity contribution in [2.24, 2.45) is 0 Å². The third-order valence-electron chi connectivity index (χ3n) is 2.72. The van der Waals surface area contributed by atoms with Crippen molar-refractivity contribution in [2.45, 2.75) is 50.0 Å². The monoisotopic (exact) mass is 406 g/mol. The quantitative estimate of drug-likeness (QED) is 0.439. The molecule has 0 N–H and O–H groups in total. The Hall–Kier alpha value is 1.87. The molecular weight excluding hydrogens is 392 g/mol. The van der Waals surface area contributed by atoms with Crippen LogP contribution in [-0.4, -0.2) is 12.0 Å². The summed E-state index contributed by atoms with van der Waals surface area (Å²) in [5.74, 6) is 0. The molecule has 1 unspecified atom stereocenters. The number of halogens is 3. The maximum Gasteiger partial charge on any atom is 0.199 e. The molecule has 0 spiro atoms. The second kappa shape index (κ2) is 5.28. The Morgan fingerprint density at radius 3 is 2.38 bits per heavy atom. The van der Waals surface area contributed by atoms with E-state index in [2.05, 4.69) is 52.8 Å². The summed E-state index contributed by atoms with van der Waals surface area (Å²) in [5.41, 5.74) is 1.47. The van der Waals surface area contributed by atoms with Crippen molar-refractivity contribution in [1.29, 1.82) is 0 Å². The first kappa shape index (κ1) is 12.9. The van der Waals surface area contributed by atoms with Gasteiger partial charge in [0.1, 0.15) is 6.69 Å². The molecule has 0 saturated carbocycles. The van der Waals surface area contributed by atoms with Gasteiger partial charge in [-0.3, -0.25) is 0 Å². The lowest BCUT2D eigenvalue weighted by Crippen LogP contribution is -2.40. The van der Waals surface area contributed by atoms with Crippen LogP contribution in [0.15, 0.2) is 0 Å². The topological polar surface area (TPSA) is 0 Å². The van der Waals surface area contributed by atoms with Gasteiger partial charge in [0.15, 0.2) is 5.31 Å². The van der Waals surface area contributed by atoms with E-state index in [1.807, 2.05) is 0 Å². The predicted octanol–water partition coefficient (Wildman–Crippen LogP) is 5.30. The Bertz CT molecular complexity index is 175. The van der Waals surface area contributed by atoms with Gasteiger partial charge in [0.05, 0.1) is 0 Å². The number of rotatable bonds is 3. The third-order valence-corrected chi connectivity index (χ3v) is 23.2. The van der Waals surface area contributed by atoms with Crippen LogP contribution in [0, 0.1) is 0 Å². The van der Waals surface area contributed by atoms with E-state index in [0.29, 0.717) is 0 Å². The lowest BCUT2D eigenvalue weighted by Gasteiger charge is -2.35. The normalized spacial score (nSPS) is 33.2. The smallest absolute Gasteiger partial charge is 0.126 e. The largest absolute Gasteiger partial charge is 0.199 e. The van der Waals surface area contributed by atoms with Crippen molar-refractivity contribution in [3.63, 3.8) is 0 Å². The Labute approximate surface area is 107 Å². The zero-order valence-electron chi connectivity index (χ0n) is 8.08. The first-order chi connectivity index (χ1) is 5.97. The predicted molar refractivity (Wildman–Crippen MR) is 77.0 cm³/mol. The van der Waals surface area contributed by atoms with Crippen molar-refractivity contribution in [2.75, 3.05) is 0 Å². The van der Waals surface area contributed by atoms with Crippen LogP contribution >= 0.6 is 45.9 Å². The van der Waals surface area contributed by atoms with Crippen LogP contribution in [0.5, 0.6) is 0 Å². The Kier molecular flexibility index (Phi) is 5.25. The summed E-state index contributed by atoms with van der Waals surface area (Å²) in [6, 6.07) is 4.40. The molecule has 1 aliphatic heterocycles. The summed E-state index contributed by atoms with van der Waals surface area (Å²) < 4.78 is 0. The van der Waals surface area contributed by atoms with Gasteiger partial charge in [-0.25, -0.2) is 0 Å². The van der Waals surface area contributed by atoms with Crippen LogP contribution in [0.3, 0.4) is 0 Å². The summed E-state index contributed by atoms with van der Waals surface area (Å²) in [6.07, 6.45) is 4.20. The molecule has 0 aliphatic carbocycles. The average molecular weight is 409 g/mol. The fourth-order valence-electron chi connectivity index (χ4n) is 2.01. The number of hydrogen-bond donors (Lipinski definition) is 0. The van der Waals surface area contributed by atoms with E-state index in [-0.39, 0.29) is 0 Å². The van der Waals surface area contributed by atoms with Crippen LogP contribution < -0.4 is 0 Å².